The maximum atomic E-state index is 13.6. The summed E-state index contributed by atoms with van der Waals surface area (Å²) in [6.45, 7) is 1.78. The molecule has 19 heavy (non-hydrogen) atoms. The quantitative estimate of drug-likeness (QED) is 0.809. The van der Waals surface area contributed by atoms with Gasteiger partial charge in [-0.25, -0.2) is 14.4 Å². The summed E-state index contributed by atoms with van der Waals surface area (Å²) in [5.74, 6) is -0.188. The maximum absolute atomic E-state index is 13.6. The Morgan fingerprint density at radius 1 is 1.37 bits per heavy atom. The number of aromatic nitrogens is 2. The van der Waals surface area contributed by atoms with Gasteiger partial charge >= 0.3 is 0 Å². The van der Waals surface area contributed by atoms with E-state index in [1.54, 1.807) is 13.0 Å². The van der Waals surface area contributed by atoms with Gasteiger partial charge in [-0.15, -0.1) is 0 Å². The third-order valence-electron chi connectivity index (χ3n) is 2.29. The van der Waals surface area contributed by atoms with Crippen molar-refractivity contribution >= 4 is 11.6 Å². The molecule has 0 saturated heterocycles. The molecule has 0 radical (unpaired) electrons. The van der Waals surface area contributed by atoms with Crippen LogP contribution < -0.4 is 4.74 Å². The molecule has 0 N–H and O–H groups in total. The van der Waals surface area contributed by atoms with Gasteiger partial charge in [0.1, 0.15) is 11.8 Å². The highest BCUT2D eigenvalue weighted by Crippen LogP contribution is 2.19. The van der Waals surface area contributed by atoms with Crippen LogP contribution in [0.3, 0.4) is 0 Å². The number of aryl methyl sites for hydroxylation is 1. The zero-order valence-electron chi connectivity index (χ0n) is 10.0. The van der Waals surface area contributed by atoms with Crippen molar-refractivity contribution in [2.75, 3.05) is 0 Å². The molecule has 0 aliphatic heterocycles. The Labute approximate surface area is 114 Å². The third-order valence-corrected chi connectivity index (χ3v) is 2.48. The normalized spacial score (nSPS) is 10.0. The largest absolute Gasteiger partial charge is 0.483 e. The van der Waals surface area contributed by atoms with E-state index < -0.39 is 5.82 Å². The fourth-order valence-electron chi connectivity index (χ4n) is 1.48. The lowest BCUT2D eigenvalue weighted by Crippen LogP contribution is -2.04. The molecule has 0 amide bonds. The molecule has 6 heteroatoms. The Morgan fingerprint density at radius 2 is 2.16 bits per heavy atom. The van der Waals surface area contributed by atoms with Crippen molar-refractivity contribution in [2.24, 2.45) is 0 Å². The van der Waals surface area contributed by atoms with E-state index in [1.807, 2.05) is 6.07 Å². The number of ether oxygens (including phenoxy) is 1. The van der Waals surface area contributed by atoms with E-state index in [4.69, 9.17) is 21.6 Å². The lowest BCUT2D eigenvalue weighted by atomic mass is 10.2. The standard InChI is InChI=1S/C13H9ClFN3O/c1-8-4-12(14)18-13(17-8)7-19-11-3-2-9(6-16)5-10(11)15/h2-5H,7H2,1H3. The van der Waals surface area contributed by atoms with Gasteiger partial charge in [-0.05, 0) is 31.2 Å². The second-order valence-electron chi connectivity index (χ2n) is 3.79. The van der Waals surface area contributed by atoms with Crippen LogP contribution in [-0.2, 0) is 6.61 Å². The molecule has 2 rings (SSSR count). The number of hydrogen-bond donors (Lipinski definition) is 0. The van der Waals surface area contributed by atoms with Gasteiger partial charge in [0.2, 0.25) is 0 Å². The summed E-state index contributed by atoms with van der Waals surface area (Å²) in [5.41, 5.74) is 0.943. The van der Waals surface area contributed by atoms with Crippen molar-refractivity contribution in [3.8, 4) is 11.8 Å². The fourth-order valence-corrected chi connectivity index (χ4v) is 1.74. The van der Waals surface area contributed by atoms with E-state index in [1.165, 1.54) is 12.1 Å². The Morgan fingerprint density at radius 3 is 2.79 bits per heavy atom. The number of nitriles is 1. The average Bonchev–Trinajstić information content (AvgIpc) is 2.36. The van der Waals surface area contributed by atoms with Crippen LogP contribution in [0.15, 0.2) is 24.3 Å². The van der Waals surface area contributed by atoms with Crippen molar-refractivity contribution in [1.29, 1.82) is 5.26 Å². The molecule has 0 spiro atoms. The average molecular weight is 278 g/mol. The monoisotopic (exact) mass is 277 g/mol. The number of nitrogens with zero attached hydrogens (tertiary/aromatic N) is 3. The summed E-state index contributed by atoms with van der Waals surface area (Å²) < 4.78 is 18.8. The summed E-state index contributed by atoms with van der Waals surface area (Å²) in [6.07, 6.45) is 0. The maximum Gasteiger partial charge on any atom is 0.167 e. The first-order chi connectivity index (χ1) is 9.08. The topological polar surface area (TPSA) is 58.8 Å². The Balaban J connectivity index is 2.12. The van der Waals surface area contributed by atoms with E-state index in [2.05, 4.69) is 9.97 Å². The van der Waals surface area contributed by atoms with Crippen LogP contribution in [0.2, 0.25) is 5.15 Å². The van der Waals surface area contributed by atoms with Crippen LogP contribution in [0.25, 0.3) is 0 Å². The van der Waals surface area contributed by atoms with E-state index in [0.29, 0.717) is 16.7 Å². The minimum atomic E-state index is -0.599. The van der Waals surface area contributed by atoms with Crippen LogP contribution in [0.4, 0.5) is 4.39 Å². The van der Waals surface area contributed by atoms with E-state index in [-0.39, 0.29) is 17.9 Å². The van der Waals surface area contributed by atoms with E-state index >= 15 is 0 Å². The summed E-state index contributed by atoms with van der Waals surface area (Å²) in [6, 6.07) is 7.44. The van der Waals surface area contributed by atoms with Gasteiger partial charge in [-0.2, -0.15) is 5.26 Å². The minimum Gasteiger partial charge on any atom is -0.483 e. The molecule has 1 heterocycles. The van der Waals surface area contributed by atoms with Crippen LogP contribution >= 0.6 is 11.6 Å². The predicted octanol–water partition coefficient (Wildman–Crippen LogP) is 3.03. The van der Waals surface area contributed by atoms with Crippen molar-refractivity contribution in [3.05, 3.63) is 52.3 Å². The second kappa shape index (κ2) is 5.63. The smallest absolute Gasteiger partial charge is 0.167 e. The molecule has 4 nitrogen and oxygen atoms in total. The van der Waals surface area contributed by atoms with Crippen LogP contribution in [-0.4, -0.2) is 9.97 Å². The van der Waals surface area contributed by atoms with Crippen LogP contribution in [0.1, 0.15) is 17.1 Å². The molecule has 0 unspecified atom stereocenters. The number of rotatable bonds is 3. The summed E-state index contributed by atoms with van der Waals surface area (Å²) in [4.78, 5) is 8.08. The third kappa shape index (κ3) is 3.39. The molecule has 0 aliphatic carbocycles. The first-order valence-corrected chi connectivity index (χ1v) is 5.79. The molecule has 1 aromatic carbocycles. The number of benzene rings is 1. The Kier molecular flexibility index (Phi) is 3.93. The Hall–Kier alpha value is -2.19. The second-order valence-corrected chi connectivity index (χ2v) is 4.18. The van der Waals surface area contributed by atoms with Gasteiger partial charge in [0, 0.05) is 5.69 Å². The molecule has 0 saturated carbocycles. The zero-order chi connectivity index (χ0) is 13.8. The van der Waals surface area contributed by atoms with Crippen LogP contribution in [0, 0.1) is 24.1 Å². The molecule has 0 atom stereocenters. The molecule has 2 aromatic rings. The van der Waals surface area contributed by atoms with Crippen molar-refractivity contribution in [3.63, 3.8) is 0 Å². The van der Waals surface area contributed by atoms with Gasteiger partial charge in [0.25, 0.3) is 0 Å². The number of hydrogen-bond acceptors (Lipinski definition) is 4. The summed E-state index contributed by atoms with van der Waals surface area (Å²) in [7, 11) is 0. The lowest BCUT2D eigenvalue weighted by molar-refractivity contribution is 0.280. The van der Waals surface area contributed by atoms with Gasteiger partial charge in [0.05, 0.1) is 11.6 Å². The van der Waals surface area contributed by atoms with Crippen molar-refractivity contribution in [2.45, 2.75) is 13.5 Å². The van der Waals surface area contributed by atoms with Crippen LogP contribution in [0.5, 0.6) is 5.75 Å². The lowest BCUT2D eigenvalue weighted by Gasteiger charge is -2.07. The Bertz CT molecular complexity index is 635. The summed E-state index contributed by atoms with van der Waals surface area (Å²) >= 11 is 5.79. The van der Waals surface area contributed by atoms with Gasteiger partial charge in [0.15, 0.2) is 17.4 Å². The highest BCUT2D eigenvalue weighted by Gasteiger charge is 2.07. The molecule has 0 aliphatic rings. The van der Waals surface area contributed by atoms with Crippen molar-refractivity contribution < 1.29 is 9.13 Å². The molecular weight excluding hydrogens is 269 g/mol. The van der Waals surface area contributed by atoms with Gasteiger partial charge in [-0.1, -0.05) is 11.6 Å². The number of halogens is 2. The molecule has 0 fully saturated rings. The zero-order valence-corrected chi connectivity index (χ0v) is 10.8. The van der Waals surface area contributed by atoms with E-state index in [9.17, 15) is 4.39 Å². The fraction of sp³-hybridized carbons (Fsp3) is 0.154. The van der Waals surface area contributed by atoms with E-state index in [0.717, 1.165) is 6.07 Å². The van der Waals surface area contributed by atoms with Gasteiger partial charge < -0.3 is 4.74 Å². The SMILES string of the molecule is Cc1cc(Cl)nc(COc2ccc(C#N)cc2F)n1. The minimum absolute atomic E-state index is 0.00419. The van der Waals surface area contributed by atoms with Crippen molar-refractivity contribution in [1.82, 2.24) is 9.97 Å². The molecule has 0 bridgehead atoms. The first-order valence-electron chi connectivity index (χ1n) is 5.41. The molecule has 96 valence electrons. The highest BCUT2D eigenvalue weighted by atomic mass is 35.5. The predicted molar refractivity (Wildman–Crippen MR) is 67.2 cm³/mol. The molecular formula is C13H9ClFN3O. The summed E-state index contributed by atoms with van der Waals surface area (Å²) in [5, 5.41) is 8.94. The first kappa shape index (κ1) is 13.2. The van der Waals surface area contributed by atoms with Gasteiger partial charge in [-0.3, -0.25) is 0 Å². The molecule has 1 aromatic heterocycles. The highest BCUT2D eigenvalue weighted by molar-refractivity contribution is 6.29.